The number of nitrogens with one attached hydrogen (secondary N) is 2. The predicted molar refractivity (Wildman–Crippen MR) is 130 cm³/mol. The van der Waals surface area contributed by atoms with Gasteiger partial charge in [0.25, 0.3) is 0 Å². The van der Waals surface area contributed by atoms with E-state index in [0.29, 0.717) is 18.7 Å². The Balaban J connectivity index is 1.48. The minimum absolute atomic E-state index is 0.00281. The second-order valence-electron chi connectivity index (χ2n) is 9.26. The van der Waals surface area contributed by atoms with Crippen LogP contribution in [0.5, 0.6) is 0 Å². The number of halogens is 1. The number of hydrogen-bond acceptors (Lipinski definition) is 5. The monoisotopic (exact) mass is 529 g/mol. The van der Waals surface area contributed by atoms with Crippen LogP contribution in [0.15, 0.2) is 42.5 Å². The van der Waals surface area contributed by atoms with Crippen molar-refractivity contribution in [3.05, 3.63) is 42.5 Å². The van der Waals surface area contributed by atoms with Crippen molar-refractivity contribution in [3.8, 4) is 0 Å². The highest BCUT2D eigenvalue weighted by Gasteiger charge is 2.76. The zero-order valence-electron chi connectivity index (χ0n) is 18.9. The van der Waals surface area contributed by atoms with Gasteiger partial charge >= 0.3 is 0 Å². The number of likely N-dealkylation sites (tertiary alicyclic amines) is 1. The third-order valence-electron chi connectivity index (χ3n) is 7.25. The van der Waals surface area contributed by atoms with E-state index in [-0.39, 0.29) is 35.7 Å². The Kier molecular flexibility index (Phi) is 6.12. The molecule has 0 aromatic heterocycles. The van der Waals surface area contributed by atoms with Crippen molar-refractivity contribution in [2.24, 2.45) is 11.8 Å². The van der Waals surface area contributed by atoms with Gasteiger partial charge in [0, 0.05) is 23.6 Å². The molecule has 3 heterocycles. The van der Waals surface area contributed by atoms with Gasteiger partial charge in [-0.1, -0.05) is 53.2 Å². The lowest BCUT2D eigenvalue weighted by Gasteiger charge is -2.34. The van der Waals surface area contributed by atoms with Crippen molar-refractivity contribution in [2.75, 3.05) is 25.0 Å². The van der Waals surface area contributed by atoms with Crippen LogP contribution in [0.3, 0.4) is 0 Å². The highest BCUT2D eigenvalue weighted by atomic mass is 79.9. The number of ether oxygens (including phenoxy) is 1. The van der Waals surface area contributed by atoms with Crippen LogP contribution in [0.2, 0.25) is 0 Å². The molecule has 5 rings (SSSR count). The van der Waals surface area contributed by atoms with E-state index in [9.17, 15) is 19.5 Å². The number of hydrogen-bond donors (Lipinski definition) is 3. The molecule has 9 heteroatoms. The Morgan fingerprint density at radius 1 is 1.21 bits per heavy atom. The van der Waals surface area contributed by atoms with Gasteiger partial charge in [-0.25, -0.2) is 0 Å². The van der Waals surface area contributed by atoms with Crippen LogP contribution in [0.1, 0.15) is 19.8 Å². The quantitative estimate of drug-likeness (QED) is 0.475. The molecule has 3 fully saturated rings. The van der Waals surface area contributed by atoms with Crippen LogP contribution in [-0.4, -0.2) is 70.0 Å². The molecular formula is C25H28BrN3O5. The topological polar surface area (TPSA) is 108 Å². The van der Waals surface area contributed by atoms with Crippen molar-refractivity contribution < 1.29 is 24.2 Å². The molecule has 3 aliphatic rings. The van der Waals surface area contributed by atoms with Crippen molar-refractivity contribution in [3.63, 3.8) is 0 Å². The molecule has 0 aliphatic carbocycles. The fourth-order valence-corrected chi connectivity index (χ4v) is 6.86. The number of carbonyl (C=O) groups is 3. The minimum Gasteiger partial charge on any atom is -0.395 e. The molecule has 2 bridgehead atoms. The number of alkyl halides is 1. The van der Waals surface area contributed by atoms with E-state index in [1.54, 1.807) is 0 Å². The first kappa shape index (κ1) is 23.3. The molecule has 34 heavy (non-hydrogen) atoms. The van der Waals surface area contributed by atoms with E-state index >= 15 is 0 Å². The minimum atomic E-state index is -1.12. The Labute approximate surface area is 206 Å². The van der Waals surface area contributed by atoms with Gasteiger partial charge in [0.05, 0.1) is 24.5 Å². The molecule has 6 atom stereocenters. The maximum Gasteiger partial charge on any atom is 0.250 e. The second kappa shape index (κ2) is 8.94. The summed E-state index contributed by atoms with van der Waals surface area (Å²) in [6.07, 6.45) is 0.723. The first-order chi connectivity index (χ1) is 16.4. The molecule has 2 aromatic rings. The Morgan fingerprint density at radius 3 is 2.71 bits per heavy atom. The van der Waals surface area contributed by atoms with Crippen molar-refractivity contribution in [2.45, 2.75) is 42.3 Å². The van der Waals surface area contributed by atoms with E-state index in [1.165, 1.54) is 4.90 Å². The van der Waals surface area contributed by atoms with Crippen molar-refractivity contribution in [1.82, 2.24) is 10.2 Å². The predicted octanol–water partition coefficient (Wildman–Crippen LogP) is 2.04. The fraction of sp³-hybridized carbons (Fsp3) is 0.480. The summed E-state index contributed by atoms with van der Waals surface area (Å²) in [6.45, 7) is 2.18. The SMILES string of the molecule is CCCNC(=O)[C@H]1[C@H]2C(=O)N(CCO)C(C(=O)Nc3ccc4ccccc4c3)C23CC(Br)[C@@H]1O3. The lowest BCUT2D eigenvalue weighted by molar-refractivity contribution is -0.141. The lowest BCUT2D eigenvalue weighted by Crippen LogP contribution is -2.54. The number of anilines is 1. The summed E-state index contributed by atoms with van der Waals surface area (Å²) < 4.78 is 6.39. The number of nitrogens with zero attached hydrogens (tertiary/aromatic N) is 1. The molecule has 3 unspecified atom stereocenters. The standard InChI is InChI=1S/C25H28BrN3O5/c1-2-9-27-22(31)18-19-24(33)29(10-11-30)21(25(19)13-17(26)20(18)34-25)23(32)28-16-8-7-14-5-3-4-6-15(14)12-16/h3-8,12,17-21,30H,2,9-11,13H2,1H3,(H,27,31)(H,28,32)/t17?,18-,19-,20-,21?,25?/m0/s1. The largest absolute Gasteiger partial charge is 0.395 e. The Morgan fingerprint density at radius 2 is 1.97 bits per heavy atom. The zero-order chi connectivity index (χ0) is 24.0. The summed E-state index contributed by atoms with van der Waals surface area (Å²) >= 11 is 3.64. The highest BCUT2D eigenvalue weighted by Crippen LogP contribution is 2.60. The van der Waals surface area contributed by atoms with E-state index in [0.717, 1.165) is 17.2 Å². The third kappa shape index (κ3) is 3.52. The number of aliphatic hydroxyl groups excluding tert-OH is 1. The molecule has 1 spiro atoms. The highest BCUT2D eigenvalue weighted by molar-refractivity contribution is 9.09. The molecular weight excluding hydrogens is 502 g/mol. The van der Waals surface area contributed by atoms with Gasteiger partial charge in [-0.3, -0.25) is 14.4 Å². The maximum atomic E-state index is 13.7. The Hall–Kier alpha value is -2.49. The summed E-state index contributed by atoms with van der Waals surface area (Å²) in [5, 5.41) is 17.6. The number of aliphatic hydroxyl groups is 1. The summed E-state index contributed by atoms with van der Waals surface area (Å²) in [4.78, 5) is 41.5. The average Bonchev–Trinajstić information content (AvgIpc) is 3.41. The molecule has 3 amide bonds. The van der Waals surface area contributed by atoms with Gasteiger partial charge in [-0.05, 0) is 35.7 Å². The summed E-state index contributed by atoms with van der Waals surface area (Å²) in [7, 11) is 0. The average molecular weight is 530 g/mol. The number of β-amino-alcohol motifs (C(OH)–C–C–N with tert-alkyl or cyclic N) is 1. The van der Waals surface area contributed by atoms with Gasteiger partial charge in [-0.15, -0.1) is 0 Å². The van der Waals surface area contributed by atoms with E-state index in [2.05, 4.69) is 26.6 Å². The number of benzene rings is 2. The van der Waals surface area contributed by atoms with E-state index in [4.69, 9.17) is 4.74 Å². The second-order valence-corrected chi connectivity index (χ2v) is 10.4. The third-order valence-corrected chi connectivity index (χ3v) is 8.09. The molecule has 2 aromatic carbocycles. The zero-order valence-corrected chi connectivity index (χ0v) is 20.5. The molecule has 3 aliphatic heterocycles. The lowest BCUT2D eigenvalue weighted by atomic mass is 9.70. The summed E-state index contributed by atoms with van der Waals surface area (Å²) in [5.74, 6) is -2.37. The number of rotatable bonds is 7. The smallest absolute Gasteiger partial charge is 0.250 e. The van der Waals surface area contributed by atoms with Crippen molar-refractivity contribution >= 4 is 50.1 Å². The first-order valence-electron chi connectivity index (χ1n) is 11.7. The van der Waals surface area contributed by atoms with E-state index < -0.39 is 29.6 Å². The number of amides is 3. The fourth-order valence-electron chi connectivity index (χ4n) is 5.92. The molecule has 8 nitrogen and oxygen atoms in total. The van der Waals surface area contributed by atoms with Crippen LogP contribution in [0.4, 0.5) is 5.69 Å². The normalized spacial score (nSPS) is 31.7. The summed E-state index contributed by atoms with van der Waals surface area (Å²) in [6, 6.07) is 12.5. The van der Waals surface area contributed by atoms with Crippen LogP contribution >= 0.6 is 15.9 Å². The van der Waals surface area contributed by atoms with Crippen LogP contribution in [-0.2, 0) is 19.1 Å². The number of carbonyl (C=O) groups excluding carboxylic acids is 3. The van der Waals surface area contributed by atoms with Crippen LogP contribution < -0.4 is 10.6 Å². The van der Waals surface area contributed by atoms with Crippen LogP contribution in [0.25, 0.3) is 10.8 Å². The van der Waals surface area contributed by atoms with Gasteiger partial charge in [0.15, 0.2) is 0 Å². The molecule has 0 saturated carbocycles. The molecule has 180 valence electrons. The van der Waals surface area contributed by atoms with Gasteiger partial charge in [0.2, 0.25) is 17.7 Å². The van der Waals surface area contributed by atoms with Crippen LogP contribution in [0, 0.1) is 11.8 Å². The molecule has 0 radical (unpaired) electrons. The Bertz CT molecular complexity index is 1140. The first-order valence-corrected chi connectivity index (χ1v) is 12.6. The van der Waals surface area contributed by atoms with Gasteiger partial charge < -0.3 is 25.4 Å². The van der Waals surface area contributed by atoms with E-state index in [1.807, 2.05) is 49.4 Å². The number of fused-ring (bicyclic) bond motifs is 2. The molecule has 3 N–H and O–H groups in total. The molecule has 3 saturated heterocycles. The van der Waals surface area contributed by atoms with Gasteiger partial charge in [0.1, 0.15) is 11.6 Å². The van der Waals surface area contributed by atoms with Gasteiger partial charge in [-0.2, -0.15) is 0 Å². The summed E-state index contributed by atoms with van der Waals surface area (Å²) in [5.41, 5.74) is -0.514. The maximum absolute atomic E-state index is 13.7. The van der Waals surface area contributed by atoms with Crippen molar-refractivity contribution in [1.29, 1.82) is 0 Å².